The molecular weight excluding hydrogens is 371 g/mol. The second-order valence-electron chi connectivity index (χ2n) is 6.28. The van der Waals surface area contributed by atoms with E-state index in [4.69, 9.17) is 4.74 Å². The Kier molecular flexibility index (Phi) is 6.20. The van der Waals surface area contributed by atoms with Crippen LogP contribution in [0.25, 0.3) is 0 Å². The summed E-state index contributed by atoms with van der Waals surface area (Å²) in [4.78, 5) is 12.2. The van der Waals surface area contributed by atoms with Gasteiger partial charge in [0.15, 0.2) is 0 Å². The summed E-state index contributed by atoms with van der Waals surface area (Å²) in [6, 6.07) is 12.5. The molecule has 8 heteroatoms. The predicted octanol–water partition coefficient (Wildman–Crippen LogP) is 1.92. The summed E-state index contributed by atoms with van der Waals surface area (Å²) in [7, 11) is -3.40. The molecule has 1 heterocycles. The number of amides is 1. The molecule has 27 heavy (non-hydrogen) atoms. The summed E-state index contributed by atoms with van der Waals surface area (Å²) in [5.41, 5.74) is 1.69. The van der Waals surface area contributed by atoms with Crippen LogP contribution in [0.4, 0.5) is 4.39 Å². The lowest BCUT2D eigenvalue weighted by Crippen LogP contribution is -2.41. The third-order valence-electron chi connectivity index (χ3n) is 4.27. The van der Waals surface area contributed by atoms with E-state index in [1.807, 2.05) is 0 Å². The van der Waals surface area contributed by atoms with Crippen molar-refractivity contribution < 1.29 is 22.3 Å². The van der Waals surface area contributed by atoms with E-state index in [0.717, 1.165) is 0 Å². The number of nitrogens with zero attached hydrogens (tertiary/aromatic N) is 1. The molecule has 0 aromatic heterocycles. The van der Waals surface area contributed by atoms with Gasteiger partial charge in [-0.3, -0.25) is 4.79 Å². The minimum atomic E-state index is -3.40. The molecule has 0 spiro atoms. The molecule has 3 rings (SSSR count). The van der Waals surface area contributed by atoms with Crippen molar-refractivity contribution in [3.63, 3.8) is 0 Å². The number of sulfonamides is 1. The summed E-state index contributed by atoms with van der Waals surface area (Å²) < 4.78 is 44.6. The Morgan fingerprint density at radius 2 is 1.78 bits per heavy atom. The van der Waals surface area contributed by atoms with Crippen LogP contribution in [-0.4, -0.2) is 44.9 Å². The van der Waals surface area contributed by atoms with Gasteiger partial charge in [-0.05, 0) is 35.4 Å². The van der Waals surface area contributed by atoms with Gasteiger partial charge in [-0.15, -0.1) is 0 Å². The number of ether oxygens (including phenoxy) is 1. The average molecular weight is 392 g/mol. The SMILES string of the molecule is O=C(NCc1cccc(F)c1)c1ccc(CS(=O)(=O)N2CCOCC2)cc1. The van der Waals surface area contributed by atoms with Gasteiger partial charge in [0, 0.05) is 25.2 Å². The molecule has 1 amide bonds. The minimum Gasteiger partial charge on any atom is -0.379 e. The number of rotatable bonds is 6. The van der Waals surface area contributed by atoms with Crippen LogP contribution in [0, 0.1) is 5.82 Å². The van der Waals surface area contributed by atoms with Crippen LogP contribution >= 0.6 is 0 Å². The first-order valence-corrected chi connectivity index (χ1v) is 10.2. The van der Waals surface area contributed by atoms with Crippen molar-refractivity contribution in [1.29, 1.82) is 0 Å². The molecule has 1 fully saturated rings. The first-order valence-electron chi connectivity index (χ1n) is 8.61. The van der Waals surface area contributed by atoms with Crippen molar-refractivity contribution in [1.82, 2.24) is 9.62 Å². The first kappa shape index (κ1) is 19.5. The zero-order valence-electron chi connectivity index (χ0n) is 14.7. The van der Waals surface area contributed by atoms with E-state index >= 15 is 0 Å². The molecule has 144 valence electrons. The maximum atomic E-state index is 13.2. The van der Waals surface area contributed by atoms with Gasteiger partial charge in [-0.2, -0.15) is 4.31 Å². The molecule has 0 aliphatic carbocycles. The van der Waals surface area contributed by atoms with Crippen molar-refractivity contribution in [2.24, 2.45) is 0 Å². The lowest BCUT2D eigenvalue weighted by Gasteiger charge is -2.26. The van der Waals surface area contributed by atoms with Gasteiger partial charge >= 0.3 is 0 Å². The van der Waals surface area contributed by atoms with Crippen LogP contribution in [0.3, 0.4) is 0 Å². The van der Waals surface area contributed by atoms with Crippen molar-refractivity contribution in [2.75, 3.05) is 26.3 Å². The van der Waals surface area contributed by atoms with Crippen molar-refractivity contribution >= 4 is 15.9 Å². The summed E-state index contributed by atoms with van der Waals surface area (Å²) in [6.07, 6.45) is 0. The number of hydrogen-bond acceptors (Lipinski definition) is 4. The average Bonchev–Trinajstić information content (AvgIpc) is 2.67. The zero-order valence-corrected chi connectivity index (χ0v) is 15.5. The fraction of sp³-hybridized carbons (Fsp3) is 0.316. The van der Waals surface area contributed by atoms with E-state index in [9.17, 15) is 17.6 Å². The number of benzene rings is 2. The van der Waals surface area contributed by atoms with E-state index < -0.39 is 10.0 Å². The Bertz CT molecular complexity index is 894. The van der Waals surface area contributed by atoms with Gasteiger partial charge in [0.25, 0.3) is 5.91 Å². The lowest BCUT2D eigenvalue weighted by molar-refractivity contribution is 0.0729. The van der Waals surface area contributed by atoms with Crippen molar-refractivity contribution in [2.45, 2.75) is 12.3 Å². The normalized spacial score (nSPS) is 15.4. The highest BCUT2D eigenvalue weighted by molar-refractivity contribution is 7.88. The second-order valence-corrected chi connectivity index (χ2v) is 8.25. The molecule has 0 saturated carbocycles. The Hall–Kier alpha value is -2.29. The molecule has 0 bridgehead atoms. The lowest BCUT2D eigenvalue weighted by atomic mass is 10.1. The molecule has 6 nitrogen and oxygen atoms in total. The number of carbonyl (C=O) groups excluding carboxylic acids is 1. The van der Waals surface area contributed by atoms with Crippen LogP contribution in [0.1, 0.15) is 21.5 Å². The van der Waals surface area contributed by atoms with Gasteiger partial charge in [0.2, 0.25) is 10.0 Å². The molecule has 0 radical (unpaired) electrons. The number of morpholine rings is 1. The Labute approximate surface area is 158 Å². The van der Waals surface area contributed by atoms with Gasteiger partial charge in [-0.25, -0.2) is 12.8 Å². The summed E-state index contributed by atoms with van der Waals surface area (Å²) >= 11 is 0. The van der Waals surface area contributed by atoms with E-state index in [2.05, 4.69) is 5.32 Å². The summed E-state index contributed by atoms with van der Waals surface area (Å²) in [5, 5.41) is 2.72. The van der Waals surface area contributed by atoms with E-state index in [0.29, 0.717) is 43.0 Å². The van der Waals surface area contributed by atoms with Gasteiger partial charge in [0.1, 0.15) is 5.82 Å². The third-order valence-corrected chi connectivity index (χ3v) is 6.12. The monoisotopic (exact) mass is 392 g/mol. The highest BCUT2D eigenvalue weighted by atomic mass is 32.2. The van der Waals surface area contributed by atoms with E-state index in [-0.39, 0.29) is 24.0 Å². The Morgan fingerprint density at radius 1 is 1.07 bits per heavy atom. The Balaban J connectivity index is 1.58. The van der Waals surface area contributed by atoms with Crippen LogP contribution in [-0.2, 0) is 27.1 Å². The zero-order chi connectivity index (χ0) is 19.3. The highest BCUT2D eigenvalue weighted by Gasteiger charge is 2.24. The number of nitrogens with one attached hydrogen (secondary N) is 1. The largest absolute Gasteiger partial charge is 0.379 e. The van der Waals surface area contributed by atoms with E-state index in [1.54, 1.807) is 36.4 Å². The molecular formula is C19H21FN2O4S. The van der Waals surface area contributed by atoms with Crippen LogP contribution in [0.5, 0.6) is 0 Å². The van der Waals surface area contributed by atoms with Gasteiger partial charge < -0.3 is 10.1 Å². The number of halogens is 1. The summed E-state index contributed by atoms with van der Waals surface area (Å²) in [5.74, 6) is -0.771. The molecule has 1 aliphatic heterocycles. The fourth-order valence-corrected chi connectivity index (χ4v) is 4.31. The topological polar surface area (TPSA) is 75.7 Å². The number of carbonyl (C=O) groups is 1. The first-order chi connectivity index (χ1) is 12.9. The van der Waals surface area contributed by atoms with Crippen LogP contribution in [0.15, 0.2) is 48.5 Å². The summed E-state index contributed by atoms with van der Waals surface area (Å²) in [6.45, 7) is 1.75. The fourth-order valence-electron chi connectivity index (χ4n) is 2.81. The van der Waals surface area contributed by atoms with Gasteiger partial charge in [-0.1, -0.05) is 24.3 Å². The maximum absolute atomic E-state index is 13.2. The Morgan fingerprint density at radius 3 is 2.44 bits per heavy atom. The quantitative estimate of drug-likeness (QED) is 0.815. The van der Waals surface area contributed by atoms with E-state index in [1.165, 1.54) is 16.4 Å². The molecule has 2 aromatic carbocycles. The molecule has 1 N–H and O–H groups in total. The van der Waals surface area contributed by atoms with Crippen LogP contribution < -0.4 is 5.32 Å². The highest BCUT2D eigenvalue weighted by Crippen LogP contribution is 2.14. The van der Waals surface area contributed by atoms with Gasteiger partial charge in [0.05, 0.1) is 19.0 Å². The molecule has 0 unspecified atom stereocenters. The maximum Gasteiger partial charge on any atom is 0.251 e. The van der Waals surface area contributed by atoms with Crippen molar-refractivity contribution in [3.05, 3.63) is 71.0 Å². The minimum absolute atomic E-state index is 0.113. The molecule has 0 atom stereocenters. The molecule has 1 saturated heterocycles. The molecule has 2 aromatic rings. The third kappa shape index (κ3) is 5.35. The smallest absolute Gasteiger partial charge is 0.251 e. The second kappa shape index (κ2) is 8.60. The predicted molar refractivity (Wildman–Crippen MR) is 99.0 cm³/mol. The van der Waals surface area contributed by atoms with Crippen LogP contribution in [0.2, 0.25) is 0 Å². The van der Waals surface area contributed by atoms with Crippen molar-refractivity contribution in [3.8, 4) is 0 Å². The molecule has 1 aliphatic rings. The number of hydrogen-bond donors (Lipinski definition) is 1. The standard InChI is InChI=1S/C19H21FN2O4S/c20-18-3-1-2-16(12-18)13-21-19(23)17-6-4-15(5-7-17)14-27(24,25)22-8-10-26-11-9-22/h1-7,12H,8-11,13-14H2,(H,21,23).